The molecule has 0 saturated carbocycles. The van der Waals surface area contributed by atoms with Crippen molar-refractivity contribution in [1.82, 2.24) is 0 Å². The molecule has 0 unspecified atom stereocenters. The average molecular weight is 279 g/mol. The van der Waals surface area contributed by atoms with E-state index in [-0.39, 0.29) is 5.56 Å². The first-order valence-electron chi connectivity index (χ1n) is 2.77. The summed E-state index contributed by atoms with van der Waals surface area (Å²) in [5, 5.41) is 10.4. The molecule has 0 spiro atoms. The fourth-order valence-electron chi connectivity index (χ4n) is 0.655. The molecule has 4 heteroatoms. The summed E-state index contributed by atoms with van der Waals surface area (Å²) in [4.78, 5) is 10.4. The van der Waals surface area contributed by atoms with Crippen LogP contribution in [0.5, 0.6) is 0 Å². The Balaban J connectivity index is 3.20. The van der Waals surface area contributed by atoms with Gasteiger partial charge in [0.2, 0.25) is 0 Å². The molecule has 0 aliphatic heterocycles. The van der Waals surface area contributed by atoms with Crippen molar-refractivity contribution in [3.63, 3.8) is 0 Å². The lowest BCUT2D eigenvalue weighted by Gasteiger charge is -2.04. The molecule has 0 aromatic heterocycles. The lowest BCUT2D eigenvalue weighted by atomic mass is 10.2. The van der Waals surface area contributed by atoms with Crippen molar-refractivity contribution in [2.45, 2.75) is 0 Å². The van der Waals surface area contributed by atoms with Gasteiger partial charge >= 0.3 is 0 Å². The van der Waals surface area contributed by atoms with E-state index in [1.807, 2.05) is 0 Å². The second-order valence-electron chi connectivity index (χ2n) is 1.91. The van der Waals surface area contributed by atoms with Gasteiger partial charge < -0.3 is 9.90 Å². The van der Waals surface area contributed by atoms with E-state index in [4.69, 9.17) is 0 Å². The highest BCUT2D eigenvalue weighted by molar-refractivity contribution is 9.11. The second kappa shape index (κ2) is 3.36. The first-order valence-corrected chi connectivity index (χ1v) is 4.36. The molecule has 2 nitrogen and oxygen atoms in total. The molecule has 0 amide bonds. The molecule has 0 aliphatic rings. The second-order valence-corrected chi connectivity index (χ2v) is 3.68. The summed E-state index contributed by atoms with van der Waals surface area (Å²) >= 11 is 6.30. The van der Waals surface area contributed by atoms with Gasteiger partial charge in [-0.15, -0.1) is 0 Å². The molecule has 0 atom stereocenters. The summed E-state index contributed by atoms with van der Waals surface area (Å²) in [7, 11) is 0. The molecule has 1 aromatic rings. The van der Waals surface area contributed by atoms with E-state index < -0.39 is 5.97 Å². The number of carboxylic acids is 1. The Hall–Kier alpha value is -0.350. The van der Waals surface area contributed by atoms with Gasteiger partial charge in [0.25, 0.3) is 0 Å². The van der Waals surface area contributed by atoms with Gasteiger partial charge in [-0.25, -0.2) is 0 Å². The Morgan fingerprint density at radius 3 is 2.45 bits per heavy atom. The number of rotatable bonds is 1. The van der Waals surface area contributed by atoms with Crippen LogP contribution in [0.1, 0.15) is 10.4 Å². The van der Waals surface area contributed by atoms with Crippen LogP contribution in [0.3, 0.4) is 0 Å². The van der Waals surface area contributed by atoms with E-state index in [9.17, 15) is 9.90 Å². The van der Waals surface area contributed by atoms with E-state index in [0.29, 0.717) is 4.47 Å². The van der Waals surface area contributed by atoms with Crippen LogP contribution in [0.2, 0.25) is 0 Å². The minimum absolute atomic E-state index is 0.160. The van der Waals surface area contributed by atoms with E-state index in [2.05, 4.69) is 31.9 Å². The number of halogens is 2. The molecular weight excluding hydrogens is 276 g/mol. The highest BCUT2D eigenvalue weighted by atomic mass is 79.9. The summed E-state index contributed by atoms with van der Waals surface area (Å²) in [6, 6.07) is 4.78. The minimum Gasteiger partial charge on any atom is -0.545 e. The van der Waals surface area contributed by atoms with E-state index >= 15 is 0 Å². The van der Waals surface area contributed by atoms with Crippen molar-refractivity contribution in [2.75, 3.05) is 0 Å². The molecule has 0 N–H and O–H groups in total. The number of carbonyl (C=O) groups excluding carboxylic acids is 1. The molecule has 0 heterocycles. The number of aromatic carboxylic acids is 1. The van der Waals surface area contributed by atoms with E-state index in [0.717, 1.165) is 4.47 Å². The Morgan fingerprint density at radius 1 is 1.36 bits per heavy atom. The Kier molecular flexibility index (Phi) is 2.67. The van der Waals surface area contributed by atoms with Crippen LogP contribution < -0.4 is 5.11 Å². The third-order valence-electron chi connectivity index (χ3n) is 1.15. The summed E-state index contributed by atoms with van der Waals surface area (Å²) in [6.45, 7) is 0. The van der Waals surface area contributed by atoms with Crippen molar-refractivity contribution >= 4 is 37.8 Å². The Labute approximate surface area is 80.5 Å². The topological polar surface area (TPSA) is 40.1 Å². The summed E-state index contributed by atoms with van der Waals surface area (Å²) < 4.78 is 1.35. The molecule has 0 fully saturated rings. The fraction of sp³-hybridized carbons (Fsp3) is 0. The van der Waals surface area contributed by atoms with Crippen molar-refractivity contribution in [2.24, 2.45) is 0 Å². The zero-order valence-electron chi connectivity index (χ0n) is 5.30. The molecule has 1 aromatic carbocycles. The van der Waals surface area contributed by atoms with Gasteiger partial charge in [-0.3, -0.25) is 0 Å². The molecule has 0 radical (unpaired) electrons. The number of hydrogen-bond donors (Lipinski definition) is 0. The predicted molar refractivity (Wildman–Crippen MR) is 46.2 cm³/mol. The number of carbonyl (C=O) groups is 1. The van der Waals surface area contributed by atoms with Crippen molar-refractivity contribution < 1.29 is 9.90 Å². The highest BCUT2D eigenvalue weighted by Crippen LogP contribution is 2.20. The quantitative estimate of drug-likeness (QED) is 0.782. The van der Waals surface area contributed by atoms with Crippen LogP contribution in [0.25, 0.3) is 0 Å². The molecule has 0 bridgehead atoms. The largest absolute Gasteiger partial charge is 0.545 e. The van der Waals surface area contributed by atoms with Crippen LogP contribution in [0, 0.1) is 0 Å². The SMILES string of the molecule is O=C([O-])c1ccc(Br)cc1Br. The van der Waals surface area contributed by atoms with E-state index in [1.165, 1.54) is 6.07 Å². The maximum Gasteiger partial charge on any atom is 0.0726 e. The summed E-state index contributed by atoms with van der Waals surface area (Å²) in [5.74, 6) is -1.18. The standard InChI is InChI=1S/C7H4Br2O2/c8-4-1-2-5(7(10)11)6(9)3-4/h1-3H,(H,10,11)/p-1. The lowest BCUT2D eigenvalue weighted by molar-refractivity contribution is -0.255. The zero-order chi connectivity index (χ0) is 8.43. The molecule has 11 heavy (non-hydrogen) atoms. The zero-order valence-corrected chi connectivity index (χ0v) is 8.48. The van der Waals surface area contributed by atoms with Gasteiger partial charge in [-0.1, -0.05) is 37.9 Å². The van der Waals surface area contributed by atoms with Gasteiger partial charge in [0, 0.05) is 14.5 Å². The predicted octanol–water partition coefficient (Wildman–Crippen LogP) is 1.58. The number of hydrogen-bond acceptors (Lipinski definition) is 2. The van der Waals surface area contributed by atoms with Gasteiger partial charge in [0.05, 0.1) is 5.97 Å². The van der Waals surface area contributed by atoms with Gasteiger partial charge in [0.1, 0.15) is 0 Å². The molecule has 1 rings (SSSR count). The maximum absolute atomic E-state index is 10.4. The van der Waals surface area contributed by atoms with Gasteiger partial charge in [-0.05, 0) is 12.1 Å². The number of benzene rings is 1. The van der Waals surface area contributed by atoms with Crippen molar-refractivity contribution in [1.29, 1.82) is 0 Å². The summed E-state index contributed by atoms with van der Waals surface area (Å²) in [5.41, 5.74) is 0.160. The fourth-order valence-corrected chi connectivity index (χ4v) is 1.86. The smallest absolute Gasteiger partial charge is 0.0726 e. The first-order chi connectivity index (χ1) is 5.11. The maximum atomic E-state index is 10.4. The minimum atomic E-state index is -1.18. The molecule has 58 valence electrons. The molecule has 0 aliphatic carbocycles. The third kappa shape index (κ3) is 2.04. The van der Waals surface area contributed by atoms with Crippen molar-refractivity contribution in [3.8, 4) is 0 Å². The average Bonchev–Trinajstić information content (AvgIpc) is 1.85. The molecular formula is C7H3Br2O2-. The van der Waals surface area contributed by atoms with Crippen molar-refractivity contribution in [3.05, 3.63) is 32.7 Å². The summed E-state index contributed by atoms with van der Waals surface area (Å²) in [6.07, 6.45) is 0. The van der Waals surface area contributed by atoms with Gasteiger partial charge in [0.15, 0.2) is 0 Å². The third-order valence-corrected chi connectivity index (χ3v) is 2.30. The molecule has 0 saturated heterocycles. The normalized spacial score (nSPS) is 9.64. The van der Waals surface area contributed by atoms with E-state index in [1.54, 1.807) is 12.1 Å². The van der Waals surface area contributed by atoms with Gasteiger partial charge in [-0.2, -0.15) is 0 Å². The van der Waals surface area contributed by atoms with Crippen LogP contribution in [0.4, 0.5) is 0 Å². The van der Waals surface area contributed by atoms with Crippen LogP contribution in [0.15, 0.2) is 27.1 Å². The monoisotopic (exact) mass is 277 g/mol. The first kappa shape index (κ1) is 8.74. The Bertz CT molecular complexity index is 296. The highest BCUT2D eigenvalue weighted by Gasteiger charge is 1.99. The van der Waals surface area contributed by atoms with Crippen LogP contribution in [-0.4, -0.2) is 5.97 Å². The Morgan fingerprint density at radius 2 is 2.00 bits per heavy atom. The number of carboxylic acid groups (broad SMARTS) is 1. The van der Waals surface area contributed by atoms with Crippen LogP contribution in [-0.2, 0) is 0 Å². The van der Waals surface area contributed by atoms with Crippen LogP contribution >= 0.6 is 31.9 Å². The lowest BCUT2D eigenvalue weighted by Crippen LogP contribution is -2.22.